The van der Waals surface area contributed by atoms with E-state index in [0.29, 0.717) is 12.0 Å². The molecule has 0 saturated carbocycles. The lowest BCUT2D eigenvalue weighted by molar-refractivity contribution is -0.138. The summed E-state index contributed by atoms with van der Waals surface area (Å²) in [5.74, 6) is -0.523. The number of likely N-dealkylation sites (tertiary alicyclic amines) is 1. The van der Waals surface area contributed by atoms with E-state index < -0.39 is 35.6 Å². The van der Waals surface area contributed by atoms with Gasteiger partial charge in [0.15, 0.2) is 5.96 Å². The summed E-state index contributed by atoms with van der Waals surface area (Å²) in [4.78, 5) is 5.48. The third-order valence-electron chi connectivity index (χ3n) is 6.01. The minimum atomic E-state index is -4.70. The van der Waals surface area contributed by atoms with Gasteiger partial charge >= 0.3 is 12.4 Å². The summed E-state index contributed by atoms with van der Waals surface area (Å²) >= 11 is 0. The lowest BCUT2D eigenvalue weighted by Crippen LogP contribution is -2.37. The zero-order valence-electron chi connectivity index (χ0n) is 19.0. The Hall–Kier alpha value is -3.32. The molecule has 1 fully saturated rings. The minimum Gasteiger partial charge on any atom is -0.390 e. The average Bonchev–Trinajstić information content (AvgIpc) is 3.43. The molecular formula is C23H22ClF6N5O2. The highest BCUT2D eigenvalue weighted by Gasteiger charge is 2.39. The Morgan fingerprint density at radius 2 is 1.73 bits per heavy atom. The largest absolute Gasteiger partial charge is 0.416 e. The van der Waals surface area contributed by atoms with Crippen molar-refractivity contribution < 1.29 is 36.0 Å². The lowest BCUT2D eigenvalue weighted by Gasteiger charge is -2.22. The van der Waals surface area contributed by atoms with Gasteiger partial charge in [-0.05, 0) is 48.6 Å². The topological polar surface area (TPSA) is 112 Å². The van der Waals surface area contributed by atoms with E-state index in [1.54, 1.807) is 0 Å². The van der Waals surface area contributed by atoms with Crippen molar-refractivity contribution in [3.05, 3.63) is 70.6 Å². The minimum absolute atomic E-state index is 0. The number of halogens is 7. The third-order valence-corrected chi connectivity index (χ3v) is 6.01. The SMILES string of the molecule is Cl.N=C(N)N1CC[C@H](O)[C@H]1c1nc(-c2ccc(CCc3ccc(C(F)(F)F)cc3)c(C(F)(F)F)c2)no1. The number of hydrogen-bond acceptors (Lipinski definition) is 5. The molecule has 0 bridgehead atoms. The smallest absolute Gasteiger partial charge is 0.390 e. The van der Waals surface area contributed by atoms with Crippen molar-refractivity contribution in [3.8, 4) is 11.4 Å². The van der Waals surface area contributed by atoms with Crippen LogP contribution < -0.4 is 5.73 Å². The molecule has 3 aromatic rings. The molecule has 1 aromatic heterocycles. The normalized spacial score (nSPS) is 18.1. The van der Waals surface area contributed by atoms with Crippen molar-refractivity contribution in [3.63, 3.8) is 0 Å². The van der Waals surface area contributed by atoms with Gasteiger partial charge in [-0.15, -0.1) is 12.4 Å². The highest BCUT2D eigenvalue weighted by atomic mass is 35.5. The van der Waals surface area contributed by atoms with E-state index >= 15 is 0 Å². The van der Waals surface area contributed by atoms with E-state index in [0.717, 1.165) is 18.2 Å². The molecule has 4 N–H and O–H groups in total. The molecule has 14 heteroatoms. The second-order valence-corrected chi connectivity index (χ2v) is 8.40. The monoisotopic (exact) mass is 549 g/mol. The standard InChI is InChI=1S/C23H21F6N5O2.ClH/c24-22(25,26)15-7-2-12(3-8-15)1-4-13-5-6-14(11-16(13)23(27,28)29)19-32-20(36-33-19)18-17(35)9-10-34(18)21(30)31;/h2-3,5-8,11,17-18,35H,1,4,9-10H2,(H3,30,31);1H/t17-,18-;/m0./s1. The van der Waals surface area contributed by atoms with Crippen LogP contribution in [-0.2, 0) is 25.2 Å². The molecule has 1 aliphatic rings. The Labute approximate surface area is 213 Å². The van der Waals surface area contributed by atoms with Gasteiger partial charge in [-0.25, -0.2) is 0 Å². The Balaban J connectivity index is 0.00000380. The Bertz CT molecular complexity index is 1250. The number of hydrogen-bond donors (Lipinski definition) is 3. The van der Waals surface area contributed by atoms with Crippen LogP contribution in [0.25, 0.3) is 11.4 Å². The van der Waals surface area contributed by atoms with Crippen molar-refractivity contribution in [2.45, 2.75) is 43.8 Å². The lowest BCUT2D eigenvalue weighted by atomic mass is 9.97. The quantitative estimate of drug-likeness (QED) is 0.235. The number of aryl methyl sites for hydroxylation is 2. The molecule has 37 heavy (non-hydrogen) atoms. The number of nitrogens with two attached hydrogens (primary N) is 1. The molecule has 0 unspecified atom stereocenters. The summed E-state index contributed by atoms with van der Waals surface area (Å²) in [6.45, 7) is 0.282. The second-order valence-electron chi connectivity index (χ2n) is 8.40. The van der Waals surface area contributed by atoms with E-state index in [9.17, 15) is 31.4 Å². The van der Waals surface area contributed by atoms with E-state index in [4.69, 9.17) is 15.7 Å². The van der Waals surface area contributed by atoms with Crippen LogP contribution in [0.5, 0.6) is 0 Å². The number of rotatable bonds is 5. The van der Waals surface area contributed by atoms with Gasteiger partial charge < -0.3 is 20.3 Å². The third kappa shape index (κ3) is 6.16. The van der Waals surface area contributed by atoms with Crippen molar-refractivity contribution in [2.24, 2.45) is 5.73 Å². The van der Waals surface area contributed by atoms with Gasteiger partial charge in [0.1, 0.15) is 6.04 Å². The molecule has 0 aliphatic carbocycles. The van der Waals surface area contributed by atoms with Gasteiger partial charge in [0.05, 0.1) is 17.2 Å². The molecule has 2 heterocycles. The fourth-order valence-electron chi connectivity index (χ4n) is 4.15. The van der Waals surface area contributed by atoms with Crippen LogP contribution in [0.4, 0.5) is 26.3 Å². The number of guanidine groups is 1. The van der Waals surface area contributed by atoms with Crippen molar-refractivity contribution >= 4 is 18.4 Å². The number of benzene rings is 2. The number of nitrogens with one attached hydrogen (secondary N) is 1. The predicted octanol–water partition coefficient (Wildman–Crippen LogP) is 4.98. The van der Waals surface area contributed by atoms with E-state index in [1.807, 2.05) is 0 Å². The number of aliphatic hydroxyl groups excluding tert-OH is 1. The fourth-order valence-corrected chi connectivity index (χ4v) is 4.15. The van der Waals surface area contributed by atoms with Crippen LogP contribution >= 0.6 is 12.4 Å². The molecule has 0 amide bonds. The summed E-state index contributed by atoms with van der Waals surface area (Å²) < 4.78 is 84.8. The molecule has 2 aromatic carbocycles. The highest BCUT2D eigenvalue weighted by Crippen LogP contribution is 2.37. The van der Waals surface area contributed by atoms with E-state index in [1.165, 1.54) is 29.2 Å². The average molecular weight is 550 g/mol. The van der Waals surface area contributed by atoms with Crippen LogP contribution in [0.1, 0.15) is 40.6 Å². The first-order valence-electron chi connectivity index (χ1n) is 10.8. The van der Waals surface area contributed by atoms with Crippen LogP contribution in [0.15, 0.2) is 47.0 Å². The Morgan fingerprint density at radius 1 is 1.05 bits per heavy atom. The fraction of sp³-hybridized carbons (Fsp3) is 0.348. The highest BCUT2D eigenvalue weighted by molar-refractivity contribution is 5.85. The molecule has 1 saturated heterocycles. The zero-order valence-corrected chi connectivity index (χ0v) is 19.8. The number of aromatic nitrogens is 2. The van der Waals surface area contributed by atoms with Crippen LogP contribution in [-0.4, -0.2) is 38.8 Å². The molecule has 2 atom stereocenters. The van der Waals surface area contributed by atoms with E-state index in [2.05, 4.69) is 10.1 Å². The maximum absolute atomic E-state index is 13.8. The van der Waals surface area contributed by atoms with Gasteiger partial charge in [-0.2, -0.15) is 31.3 Å². The van der Waals surface area contributed by atoms with Gasteiger partial charge in [-0.3, -0.25) is 5.41 Å². The molecule has 200 valence electrons. The van der Waals surface area contributed by atoms with Gasteiger partial charge in [0.2, 0.25) is 5.82 Å². The molecular weight excluding hydrogens is 528 g/mol. The molecule has 4 rings (SSSR count). The molecule has 0 radical (unpaired) electrons. The van der Waals surface area contributed by atoms with Crippen molar-refractivity contribution in [1.82, 2.24) is 15.0 Å². The van der Waals surface area contributed by atoms with Crippen LogP contribution in [0.3, 0.4) is 0 Å². The summed E-state index contributed by atoms with van der Waals surface area (Å²) in [7, 11) is 0. The van der Waals surface area contributed by atoms with Crippen molar-refractivity contribution in [1.29, 1.82) is 5.41 Å². The number of aliphatic hydroxyl groups is 1. The maximum atomic E-state index is 13.8. The number of nitrogens with zero attached hydrogens (tertiary/aromatic N) is 3. The molecule has 0 spiro atoms. The summed E-state index contributed by atoms with van der Waals surface area (Å²) in [5.41, 5.74) is 4.22. The summed E-state index contributed by atoms with van der Waals surface area (Å²) in [5, 5.41) is 21.6. The molecule has 7 nitrogen and oxygen atoms in total. The van der Waals surface area contributed by atoms with Crippen LogP contribution in [0, 0.1) is 5.41 Å². The van der Waals surface area contributed by atoms with Crippen molar-refractivity contribution in [2.75, 3.05) is 6.54 Å². The number of alkyl halides is 6. The maximum Gasteiger partial charge on any atom is 0.416 e. The van der Waals surface area contributed by atoms with Crippen LogP contribution in [0.2, 0.25) is 0 Å². The Kier molecular flexibility index (Phi) is 8.08. The van der Waals surface area contributed by atoms with Gasteiger partial charge in [-0.1, -0.05) is 29.4 Å². The Morgan fingerprint density at radius 3 is 2.32 bits per heavy atom. The summed E-state index contributed by atoms with van der Waals surface area (Å²) in [6.07, 6.45) is -9.79. The zero-order chi connectivity index (χ0) is 26.3. The van der Waals surface area contributed by atoms with E-state index in [-0.39, 0.29) is 60.6 Å². The first-order valence-corrected chi connectivity index (χ1v) is 10.8. The molecule has 1 aliphatic heterocycles. The predicted molar refractivity (Wildman–Crippen MR) is 123 cm³/mol. The van der Waals surface area contributed by atoms with Gasteiger partial charge in [0, 0.05) is 12.1 Å². The first kappa shape index (κ1) is 28.3. The summed E-state index contributed by atoms with van der Waals surface area (Å²) in [6, 6.07) is 6.93. The second kappa shape index (κ2) is 10.6. The first-order chi connectivity index (χ1) is 16.8. The van der Waals surface area contributed by atoms with Gasteiger partial charge in [0.25, 0.3) is 5.89 Å².